The Morgan fingerprint density at radius 2 is 2.22 bits per heavy atom. The number of thioether (sulfide) groups is 1. The van der Waals surface area contributed by atoms with E-state index in [2.05, 4.69) is 41.0 Å². The maximum absolute atomic E-state index is 5.01. The Morgan fingerprint density at radius 1 is 1.33 bits per heavy atom. The number of rotatable bonds is 7. The summed E-state index contributed by atoms with van der Waals surface area (Å²) < 4.78 is 5.01. The molecule has 0 unspecified atom stereocenters. The van der Waals surface area contributed by atoms with Gasteiger partial charge in [-0.05, 0) is 43.0 Å². The van der Waals surface area contributed by atoms with Crippen molar-refractivity contribution in [3.05, 3.63) is 30.0 Å². The first-order valence-corrected chi connectivity index (χ1v) is 7.41. The fraction of sp³-hybridized carbons (Fsp3) is 0.429. The van der Waals surface area contributed by atoms with Crippen LogP contribution in [-0.4, -0.2) is 38.0 Å². The topological polar surface area (TPSA) is 37.0 Å². The van der Waals surface area contributed by atoms with Crippen LogP contribution in [-0.2, 0) is 11.2 Å². The molecule has 0 fully saturated rings. The van der Waals surface area contributed by atoms with E-state index in [-0.39, 0.29) is 0 Å². The summed E-state index contributed by atoms with van der Waals surface area (Å²) in [6, 6.07) is 6.58. The molecule has 0 spiro atoms. The van der Waals surface area contributed by atoms with Crippen molar-refractivity contribution in [3.63, 3.8) is 0 Å². The molecule has 0 saturated heterocycles. The molecular weight excluding hydrogens is 244 g/mol. The van der Waals surface area contributed by atoms with Gasteiger partial charge < -0.3 is 15.0 Å². The maximum atomic E-state index is 5.01. The monoisotopic (exact) mass is 264 g/mol. The number of nitrogens with one attached hydrogen (secondary N) is 2. The second kappa shape index (κ2) is 6.83. The fourth-order valence-corrected chi connectivity index (χ4v) is 2.45. The van der Waals surface area contributed by atoms with E-state index in [0.29, 0.717) is 0 Å². The number of hydrogen-bond donors (Lipinski definition) is 2. The van der Waals surface area contributed by atoms with Gasteiger partial charge in [0.25, 0.3) is 0 Å². The van der Waals surface area contributed by atoms with Crippen LogP contribution in [0.1, 0.15) is 5.56 Å². The zero-order chi connectivity index (χ0) is 12.8. The lowest BCUT2D eigenvalue weighted by molar-refractivity contribution is 0.199. The summed E-state index contributed by atoms with van der Waals surface area (Å²) in [7, 11) is 1.73. The van der Waals surface area contributed by atoms with E-state index in [1.807, 2.05) is 0 Å². The zero-order valence-electron chi connectivity index (χ0n) is 11.0. The van der Waals surface area contributed by atoms with Crippen LogP contribution in [0.5, 0.6) is 0 Å². The zero-order valence-corrected chi connectivity index (χ0v) is 11.8. The number of hydrogen-bond acceptors (Lipinski definition) is 3. The molecule has 1 aromatic heterocycles. The van der Waals surface area contributed by atoms with Crippen molar-refractivity contribution in [2.24, 2.45) is 0 Å². The molecule has 98 valence electrons. The van der Waals surface area contributed by atoms with Crippen LogP contribution in [0.4, 0.5) is 0 Å². The molecule has 2 aromatic rings. The van der Waals surface area contributed by atoms with Crippen molar-refractivity contribution in [3.8, 4) is 0 Å². The van der Waals surface area contributed by atoms with Crippen molar-refractivity contribution in [2.45, 2.75) is 11.3 Å². The highest BCUT2D eigenvalue weighted by atomic mass is 32.2. The third-order valence-electron chi connectivity index (χ3n) is 3.03. The molecular formula is C14H20N2OS. The second-order valence-corrected chi connectivity index (χ2v) is 5.10. The van der Waals surface area contributed by atoms with Gasteiger partial charge in [0.2, 0.25) is 0 Å². The molecule has 1 heterocycles. The lowest BCUT2D eigenvalue weighted by Gasteiger charge is -2.04. The van der Waals surface area contributed by atoms with Gasteiger partial charge in [-0.15, -0.1) is 11.8 Å². The Labute approximate surface area is 112 Å². The van der Waals surface area contributed by atoms with Gasteiger partial charge in [-0.1, -0.05) is 0 Å². The van der Waals surface area contributed by atoms with Crippen LogP contribution in [0, 0.1) is 0 Å². The van der Waals surface area contributed by atoms with E-state index in [4.69, 9.17) is 4.74 Å². The summed E-state index contributed by atoms with van der Waals surface area (Å²) in [4.78, 5) is 4.65. The lowest BCUT2D eigenvalue weighted by Crippen LogP contribution is -2.21. The van der Waals surface area contributed by atoms with Crippen molar-refractivity contribution in [1.29, 1.82) is 0 Å². The van der Waals surface area contributed by atoms with Gasteiger partial charge in [-0.2, -0.15) is 0 Å². The lowest BCUT2D eigenvalue weighted by atomic mass is 10.1. The molecule has 0 saturated carbocycles. The molecule has 0 atom stereocenters. The van der Waals surface area contributed by atoms with Gasteiger partial charge in [0.1, 0.15) is 0 Å². The number of aromatic nitrogens is 1. The van der Waals surface area contributed by atoms with Crippen molar-refractivity contribution in [2.75, 3.05) is 33.1 Å². The smallest absolute Gasteiger partial charge is 0.0587 e. The molecule has 0 aliphatic heterocycles. The van der Waals surface area contributed by atoms with E-state index in [1.54, 1.807) is 18.9 Å². The van der Waals surface area contributed by atoms with Crippen LogP contribution in [0.2, 0.25) is 0 Å². The summed E-state index contributed by atoms with van der Waals surface area (Å²) in [6.45, 7) is 2.67. The first-order valence-electron chi connectivity index (χ1n) is 6.19. The summed E-state index contributed by atoms with van der Waals surface area (Å²) in [5, 5.41) is 4.72. The number of fused-ring (bicyclic) bond motifs is 1. The summed E-state index contributed by atoms with van der Waals surface area (Å²) in [5.41, 5.74) is 2.60. The number of methoxy groups -OCH3 is 1. The van der Waals surface area contributed by atoms with E-state index in [9.17, 15) is 0 Å². The molecule has 2 rings (SSSR count). The summed E-state index contributed by atoms with van der Waals surface area (Å²) in [6.07, 6.45) is 5.27. The summed E-state index contributed by atoms with van der Waals surface area (Å²) >= 11 is 1.78. The van der Waals surface area contributed by atoms with Gasteiger partial charge in [-0.25, -0.2) is 0 Å². The molecule has 0 aliphatic rings. The van der Waals surface area contributed by atoms with Crippen molar-refractivity contribution >= 4 is 22.7 Å². The van der Waals surface area contributed by atoms with Crippen LogP contribution < -0.4 is 5.32 Å². The minimum absolute atomic E-state index is 0.768. The Morgan fingerprint density at radius 3 is 3.00 bits per heavy atom. The Hall–Kier alpha value is -0.970. The summed E-state index contributed by atoms with van der Waals surface area (Å²) in [5.74, 6) is 0. The van der Waals surface area contributed by atoms with E-state index in [0.717, 1.165) is 26.1 Å². The molecule has 4 heteroatoms. The van der Waals surface area contributed by atoms with E-state index in [1.165, 1.54) is 21.4 Å². The number of aromatic amines is 1. The van der Waals surface area contributed by atoms with Gasteiger partial charge >= 0.3 is 0 Å². The highest BCUT2D eigenvalue weighted by Gasteiger charge is 2.04. The predicted molar refractivity (Wildman–Crippen MR) is 78.5 cm³/mol. The molecule has 2 N–H and O–H groups in total. The standard InChI is InChI=1S/C14H20N2OS/c1-17-8-7-15-6-5-11-10-16-14-4-3-12(18-2)9-13(11)14/h3-4,9-10,15-16H,5-8H2,1-2H3. The number of H-pyrrole nitrogens is 1. The minimum Gasteiger partial charge on any atom is -0.383 e. The molecule has 0 amide bonds. The van der Waals surface area contributed by atoms with Gasteiger partial charge in [-0.3, -0.25) is 0 Å². The first kappa shape index (κ1) is 13.5. The quantitative estimate of drug-likeness (QED) is 0.596. The van der Waals surface area contributed by atoms with Crippen LogP contribution >= 0.6 is 11.8 Å². The van der Waals surface area contributed by atoms with Crippen LogP contribution in [0.15, 0.2) is 29.3 Å². The van der Waals surface area contributed by atoms with Crippen molar-refractivity contribution < 1.29 is 4.74 Å². The third-order valence-corrected chi connectivity index (χ3v) is 3.75. The largest absolute Gasteiger partial charge is 0.383 e. The average molecular weight is 264 g/mol. The molecule has 1 aromatic carbocycles. The van der Waals surface area contributed by atoms with E-state index >= 15 is 0 Å². The van der Waals surface area contributed by atoms with Gasteiger partial charge in [0.15, 0.2) is 0 Å². The highest BCUT2D eigenvalue weighted by Crippen LogP contribution is 2.24. The average Bonchev–Trinajstić information content (AvgIpc) is 2.81. The SMILES string of the molecule is COCCNCCc1c[nH]c2ccc(SC)cc12. The van der Waals surface area contributed by atoms with Crippen LogP contribution in [0.3, 0.4) is 0 Å². The van der Waals surface area contributed by atoms with Gasteiger partial charge in [0.05, 0.1) is 6.61 Å². The normalized spacial score (nSPS) is 11.2. The molecule has 3 nitrogen and oxygen atoms in total. The molecule has 0 aliphatic carbocycles. The van der Waals surface area contributed by atoms with Crippen molar-refractivity contribution in [1.82, 2.24) is 10.3 Å². The van der Waals surface area contributed by atoms with Gasteiger partial charge in [0, 0.05) is 35.6 Å². The highest BCUT2D eigenvalue weighted by molar-refractivity contribution is 7.98. The second-order valence-electron chi connectivity index (χ2n) is 4.22. The Bertz CT molecular complexity index is 495. The Kier molecular flexibility index (Phi) is 5.11. The molecule has 0 bridgehead atoms. The first-order chi connectivity index (χ1) is 8.85. The maximum Gasteiger partial charge on any atom is 0.0587 e. The number of ether oxygens (including phenoxy) is 1. The van der Waals surface area contributed by atoms with E-state index < -0.39 is 0 Å². The van der Waals surface area contributed by atoms with Crippen LogP contribution in [0.25, 0.3) is 10.9 Å². The Balaban J connectivity index is 1.99. The fourth-order valence-electron chi connectivity index (χ4n) is 2.01. The minimum atomic E-state index is 0.768. The number of benzene rings is 1. The predicted octanol–water partition coefficient (Wildman–Crippen LogP) is 2.67. The molecule has 18 heavy (non-hydrogen) atoms. The third kappa shape index (κ3) is 3.28. The molecule has 0 radical (unpaired) electrons.